The van der Waals surface area contributed by atoms with Crippen molar-refractivity contribution in [2.75, 3.05) is 19.7 Å². The van der Waals surface area contributed by atoms with E-state index in [1.807, 2.05) is 18.2 Å². The number of unbranched alkanes of at least 4 members (excludes halogenated alkanes) is 1. The molecular formula is C25H36N2O5. The highest BCUT2D eigenvalue weighted by molar-refractivity contribution is 5.86. The Kier molecular flexibility index (Phi) is 6.20. The fourth-order valence-electron chi connectivity index (χ4n) is 6.00. The average molecular weight is 445 g/mol. The highest BCUT2D eigenvalue weighted by Gasteiger charge is 2.44. The molecule has 2 saturated heterocycles. The van der Waals surface area contributed by atoms with Gasteiger partial charge in [0.15, 0.2) is 0 Å². The molecule has 176 valence electrons. The summed E-state index contributed by atoms with van der Waals surface area (Å²) in [6, 6.07) is 6.45. The summed E-state index contributed by atoms with van der Waals surface area (Å²) < 4.78 is 11.4. The van der Waals surface area contributed by atoms with E-state index in [4.69, 9.17) is 9.47 Å². The SMILES string of the molecule is CCCC[C@H]1C[C@H]2c3[nH]c4ccc(OC5O[C@H](CO)[C@@H](O)[C@H]5O)cc4c3CC[N@@](C1)C2C. The Balaban J connectivity index is 1.42. The summed E-state index contributed by atoms with van der Waals surface area (Å²) in [5, 5.41) is 30.7. The third-order valence-corrected chi connectivity index (χ3v) is 7.89. The number of aliphatic hydroxyl groups excluding tert-OH is 3. The first kappa shape index (κ1) is 22.2. The molecule has 1 aromatic carbocycles. The number of aromatic nitrogens is 1. The lowest BCUT2D eigenvalue weighted by molar-refractivity contribution is -0.116. The van der Waals surface area contributed by atoms with E-state index in [1.54, 1.807) is 0 Å². The molecule has 8 atom stereocenters. The molecule has 4 heterocycles. The number of nitrogens with zero attached hydrogens (tertiary/aromatic N) is 1. The van der Waals surface area contributed by atoms with Crippen LogP contribution in [0.2, 0.25) is 0 Å². The number of ether oxygens (including phenoxy) is 2. The second-order valence-corrected chi connectivity index (χ2v) is 9.89. The van der Waals surface area contributed by atoms with E-state index in [0.717, 1.165) is 29.8 Å². The Morgan fingerprint density at radius 1 is 1.25 bits per heavy atom. The molecule has 2 unspecified atom stereocenters. The monoisotopic (exact) mass is 444 g/mol. The summed E-state index contributed by atoms with van der Waals surface area (Å²) in [4.78, 5) is 6.41. The molecule has 0 amide bonds. The minimum Gasteiger partial charge on any atom is -0.462 e. The van der Waals surface area contributed by atoms with Crippen molar-refractivity contribution in [3.8, 4) is 5.75 Å². The van der Waals surface area contributed by atoms with Crippen molar-refractivity contribution in [1.82, 2.24) is 9.88 Å². The maximum absolute atomic E-state index is 10.2. The van der Waals surface area contributed by atoms with Gasteiger partial charge in [0, 0.05) is 41.6 Å². The largest absolute Gasteiger partial charge is 0.462 e. The first-order chi connectivity index (χ1) is 15.5. The molecule has 2 bridgehead atoms. The van der Waals surface area contributed by atoms with Crippen LogP contribution in [0.4, 0.5) is 0 Å². The Morgan fingerprint density at radius 3 is 2.84 bits per heavy atom. The van der Waals surface area contributed by atoms with Gasteiger partial charge in [0.2, 0.25) is 6.29 Å². The van der Waals surface area contributed by atoms with E-state index in [2.05, 4.69) is 23.7 Å². The van der Waals surface area contributed by atoms with Crippen molar-refractivity contribution in [2.24, 2.45) is 5.92 Å². The number of piperidine rings is 1. The zero-order valence-electron chi connectivity index (χ0n) is 19.0. The first-order valence-electron chi connectivity index (χ1n) is 12.2. The molecule has 5 rings (SSSR count). The summed E-state index contributed by atoms with van der Waals surface area (Å²) in [6.45, 7) is 6.56. The molecule has 7 heteroatoms. The maximum Gasteiger partial charge on any atom is 0.229 e. The van der Waals surface area contributed by atoms with Crippen LogP contribution in [-0.4, -0.2) is 75.5 Å². The van der Waals surface area contributed by atoms with Gasteiger partial charge in [-0.2, -0.15) is 0 Å². The fourth-order valence-corrected chi connectivity index (χ4v) is 6.00. The molecule has 0 radical (unpaired) electrons. The van der Waals surface area contributed by atoms with Crippen LogP contribution >= 0.6 is 0 Å². The van der Waals surface area contributed by atoms with Crippen LogP contribution in [-0.2, 0) is 11.2 Å². The number of aliphatic hydroxyl groups is 3. The van der Waals surface area contributed by atoms with Crippen LogP contribution in [0.25, 0.3) is 10.9 Å². The minimum atomic E-state index is -1.20. The number of hydrogen-bond donors (Lipinski definition) is 4. The van der Waals surface area contributed by atoms with E-state index >= 15 is 0 Å². The lowest BCUT2D eigenvalue weighted by Gasteiger charge is -2.42. The third kappa shape index (κ3) is 3.84. The van der Waals surface area contributed by atoms with Crippen molar-refractivity contribution in [3.05, 3.63) is 29.5 Å². The second-order valence-electron chi connectivity index (χ2n) is 9.89. The van der Waals surface area contributed by atoms with Gasteiger partial charge in [0.05, 0.1) is 6.61 Å². The molecule has 0 aliphatic carbocycles. The molecule has 2 aromatic rings. The van der Waals surface area contributed by atoms with Gasteiger partial charge >= 0.3 is 0 Å². The predicted octanol–water partition coefficient (Wildman–Crippen LogP) is 2.53. The summed E-state index contributed by atoms with van der Waals surface area (Å²) in [5.41, 5.74) is 3.86. The maximum atomic E-state index is 10.2. The Bertz CT molecular complexity index is 946. The van der Waals surface area contributed by atoms with Crippen molar-refractivity contribution < 1.29 is 24.8 Å². The predicted molar refractivity (Wildman–Crippen MR) is 122 cm³/mol. The van der Waals surface area contributed by atoms with Gasteiger partial charge in [-0.25, -0.2) is 0 Å². The van der Waals surface area contributed by atoms with E-state index in [1.165, 1.54) is 43.5 Å². The van der Waals surface area contributed by atoms with Gasteiger partial charge in [-0.3, -0.25) is 4.90 Å². The number of aromatic amines is 1. The quantitative estimate of drug-likeness (QED) is 0.547. The molecule has 3 aliphatic rings. The van der Waals surface area contributed by atoms with E-state index in [0.29, 0.717) is 17.7 Å². The molecule has 7 nitrogen and oxygen atoms in total. The van der Waals surface area contributed by atoms with Crippen LogP contribution in [0.1, 0.15) is 56.7 Å². The number of nitrogens with one attached hydrogen (secondary N) is 1. The number of benzene rings is 1. The molecular weight excluding hydrogens is 408 g/mol. The number of rotatable bonds is 6. The topological polar surface area (TPSA) is 98.2 Å². The molecule has 1 aromatic heterocycles. The molecule has 4 N–H and O–H groups in total. The Labute approximate surface area is 189 Å². The summed E-state index contributed by atoms with van der Waals surface area (Å²) in [5.74, 6) is 1.87. The minimum absolute atomic E-state index is 0.363. The van der Waals surface area contributed by atoms with Crippen LogP contribution in [0.3, 0.4) is 0 Å². The molecule has 2 fully saturated rings. The van der Waals surface area contributed by atoms with Crippen LogP contribution < -0.4 is 4.74 Å². The normalized spacial score (nSPS) is 36.8. The Hall–Kier alpha value is -1.64. The number of fused-ring (bicyclic) bond motifs is 6. The van der Waals surface area contributed by atoms with E-state index in [-0.39, 0.29) is 6.61 Å². The van der Waals surface area contributed by atoms with E-state index in [9.17, 15) is 15.3 Å². The summed E-state index contributed by atoms with van der Waals surface area (Å²) >= 11 is 0. The lowest BCUT2D eigenvalue weighted by Crippen LogP contribution is -2.45. The van der Waals surface area contributed by atoms with Crippen LogP contribution in [0, 0.1) is 5.92 Å². The zero-order chi connectivity index (χ0) is 22.4. The fraction of sp³-hybridized carbons (Fsp3) is 0.680. The van der Waals surface area contributed by atoms with Crippen LogP contribution in [0.5, 0.6) is 5.75 Å². The van der Waals surface area contributed by atoms with Gasteiger partial charge < -0.3 is 29.8 Å². The van der Waals surface area contributed by atoms with Crippen molar-refractivity contribution >= 4 is 10.9 Å². The molecule has 0 spiro atoms. The van der Waals surface area contributed by atoms with Gasteiger partial charge in [-0.15, -0.1) is 0 Å². The number of H-pyrrole nitrogens is 1. The van der Waals surface area contributed by atoms with Crippen molar-refractivity contribution in [1.29, 1.82) is 0 Å². The number of hydrogen-bond acceptors (Lipinski definition) is 6. The van der Waals surface area contributed by atoms with Crippen LogP contribution in [0.15, 0.2) is 18.2 Å². The second kappa shape index (κ2) is 8.95. The van der Waals surface area contributed by atoms with Gasteiger partial charge in [-0.05, 0) is 55.9 Å². The van der Waals surface area contributed by atoms with E-state index < -0.39 is 24.6 Å². The Morgan fingerprint density at radius 2 is 2.09 bits per heavy atom. The summed E-state index contributed by atoms with van der Waals surface area (Å²) in [6.07, 6.45) is 1.94. The van der Waals surface area contributed by atoms with Gasteiger partial charge in [0.25, 0.3) is 0 Å². The molecule has 0 saturated carbocycles. The average Bonchev–Trinajstić information content (AvgIpc) is 3.27. The highest BCUT2D eigenvalue weighted by Crippen LogP contribution is 2.43. The standard InChI is InChI=1S/C25H36N2O5/c1-3-4-5-15-10-18-14(2)27(12-15)9-8-17-19-11-16(6-7-20(19)26-22(17)18)31-25-24(30)23(29)21(13-28)32-25/h6-7,11,14-15,18,21,23-26,28-30H,3-5,8-10,12-13H2,1-2H3/t14?,15-,18+,21+,23+,24+,25?/m0/s1. The first-order valence-corrected chi connectivity index (χ1v) is 12.2. The molecule has 32 heavy (non-hydrogen) atoms. The third-order valence-electron chi connectivity index (χ3n) is 7.89. The van der Waals surface area contributed by atoms with Gasteiger partial charge in [-0.1, -0.05) is 19.8 Å². The lowest BCUT2D eigenvalue weighted by atomic mass is 9.80. The van der Waals surface area contributed by atoms with Gasteiger partial charge in [0.1, 0.15) is 24.1 Å². The smallest absolute Gasteiger partial charge is 0.229 e. The van der Waals surface area contributed by atoms with Crippen molar-refractivity contribution in [3.63, 3.8) is 0 Å². The zero-order valence-corrected chi connectivity index (χ0v) is 19.0. The highest BCUT2D eigenvalue weighted by atomic mass is 16.7. The summed E-state index contributed by atoms with van der Waals surface area (Å²) in [7, 11) is 0. The molecule has 3 aliphatic heterocycles. The van der Waals surface area contributed by atoms with Crippen molar-refractivity contribution in [2.45, 2.75) is 82.5 Å².